The van der Waals surface area contributed by atoms with E-state index in [1.54, 1.807) is 21.6 Å². The maximum absolute atomic E-state index is 13.0. The number of nitrogens with one attached hydrogen (secondary N) is 1. The van der Waals surface area contributed by atoms with Crippen LogP contribution in [0.25, 0.3) is 11.3 Å². The minimum absolute atomic E-state index is 0.102. The Labute approximate surface area is 164 Å². The number of hydrogen-bond donors (Lipinski definition) is 1. The maximum Gasteiger partial charge on any atom is 0.433 e. The molecule has 0 spiro atoms. The number of carbonyl (C=O) groups excluding carboxylic acids is 1. The van der Waals surface area contributed by atoms with Crippen molar-refractivity contribution < 1.29 is 18.0 Å². The molecule has 3 aromatic heterocycles. The standard InChI is InChI=1S/C19H19F3N6O/c1-12-5-8-27(25-12)11-18(29)24-14-3-2-7-28-16(14)10-15(26-28)13-4-6-23-17(9-13)19(20,21)22/h4-6,8-10,14H,2-3,7,11H2,1H3,(H,24,29)/t14-/m0/s1. The van der Waals surface area contributed by atoms with Crippen molar-refractivity contribution in [3.05, 3.63) is 53.7 Å². The molecule has 0 radical (unpaired) electrons. The van der Waals surface area contributed by atoms with Gasteiger partial charge in [-0.05, 0) is 44.0 Å². The van der Waals surface area contributed by atoms with Crippen LogP contribution in [0.2, 0.25) is 0 Å². The lowest BCUT2D eigenvalue weighted by Crippen LogP contribution is -2.34. The largest absolute Gasteiger partial charge is 0.433 e. The second kappa shape index (κ2) is 7.34. The van der Waals surface area contributed by atoms with Crippen molar-refractivity contribution in [3.63, 3.8) is 0 Å². The summed E-state index contributed by atoms with van der Waals surface area (Å²) in [6.07, 6.45) is -0.110. The van der Waals surface area contributed by atoms with Crippen LogP contribution in [-0.2, 0) is 24.1 Å². The molecule has 0 bridgehead atoms. The van der Waals surface area contributed by atoms with Crippen LogP contribution in [0, 0.1) is 6.92 Å². The molecule has 0 aliphatic carbocycles. The summed E-state index contributed by atoms with van der Waals surface area (Å²) in [5.41, 5.74) is 1.42. The summed E-state index contributed by atoms with van der Waals surface area (Å²) >= 11 is 0. The molecule has 10 heteroatoms. The van der Waals surface area contributed by atoms with Gasteiger partial charge < -0.3 is 5.32 Å². The second-order valence-electron chi connectivity index (χ2n) is 7.02. The van der Waals surface area contributed by atoms with Crippen molar-refractivity contribution in [2.75, 3.05) is 0 Å². The lowest BCUT2D eigenvalue weighted by Gasteiger charge is -2.24. The highest BCUT2D eigenvalue weighted by Crippen LogP contribution is 2.32. The molecule has 0 saturated carbocycles. The van der Waals surface area contributed by atoms with Crippen molar-refractivity contribution in [3.8, 4) is 11.3 Å². The summed E-state index contributed by atoms with van der Waals surface area (Å²) in [7, 11) is 0. The maximum atomic E-state index is 13.0. The third kappa shape index (κ3) is 4.15. The first-order valence-corrected chi connectivity index (χ1v) is 9.20. The number of aromatic nitrogens is 5. The average Bonchev–Trinajstić information content (AvgIpc) is 3.28. The molecule has 4 rings (SSSR count). The summed E-state index contributed by atoms with van der Waals surface area (Å²) in [6.45, 7) is 2.60. The van der Waals surface area contributed by atoms with Crippen LogP contribution in [0.4, 0.5) is 13.2 Å². The average molecular weight is 404 g/mol. The van der Waals surface area contributed by atoms with Crippen LogP contribution >= 0.6 is 0 Å². The number of nitrogens with zero attached hydrogens (tertiary/aromatic N) is 5. The topological polar surface area (TPSA) is 77.6 Å². The van der Waals surface area contributed by atoms with Gasteiger partial charge in [0.1, 0.15) is 12.2 Å². The number of alkyl halides is 3. The van der Waals surface area contributed by atoms with Crippen LogP contribution in [0.15, 0.2) is 36.7 Å². The van der Waals surface area contributed by atoms with Gasteiger partial charge in [0.25, 0.3) is 0 Å². The predicted molar refractivity (Wildman–Crippen MR) is 97.5 cm³/mol. The van der Waals surface area contributed by atoms with Gasteiger partial charge in [-0.15, -0.1) is 0 Å². The Kier molecular flexibility index (Phi) is 4.85. The molecule has 1 N–H and O–H groups in total. The molecule has 1 atom stereocenters. The van der Waals surface area contributed by atoms with E-state index in [-0.39, 0.29) is 18.5 Å². The number of halogens is 3. The highest BCUT2D eigenvalue weighted by atomic mass is 19.4. The zero-order valence-electron chi connectivity index (χ0n) is 15.6. The molecule has 0 saturated heterocycles. The van der Waals surface area contributed by atoms with Gasteiger partial charge in [0, 0.05) is 24.5 Å². The fourth-order valence-corrected chi connectivity index (χ4v) is 3.45. The molecule has 7 nitrogen and oxygen atoms in total. The molecule has 29 heavy (non-hydrogen) atoms. The smallest absolute Gasteiger partial charge is 0.346 e. The summed E-state index contributed by atoms with van der Waals surface area (Å²) in [4.78, 5) is 15.8. The Balaban J connectivity index is 1.54. The van der Waals surface area contributed by atoms with Crippen LogP contribution in [0.1, 0.15) is 36.0 Å². The molecule has 1 aliphatic heterocycles. The summed E-state index contributed by atoms with van der Waals surface area (Å²) in [6, 6.07) is 5.79. The van der Waals surface area contributed by atoms with Crippen molar-refractivity contribution in [2.45, 2.75) is 45.1 Å². The van der Waals surface area contributed by atoms with Gasteiger partial charge in [0.2, 0.25) is 5.91 Å². The minimum atomic E-state index is -4.52. The van der Waals surface area contributed by atoms with Gasteiger partial charge in [-0.2, -0.15) is 23.4 Å². The third-order valence-electron chi connectivity index (χ3n) is 4.79. The minimum Gasteiger partial charge on any atom is -0.346 e. The van der Waals surface area contributed by atoms with Gasteiger partial charge in [-0.25, -0.2) is 0 Å². The normalized spacial score (nSPS) is 16.5. The fraction of sp³-hybridized carbons (Fsp3) is 0.368. The summed E-state index contributed by atoms with van der Waals surface area (Å²) in [5.74, 6) is -0.183. The molecule has 4 heterocycles. The quantitative estimate of drug-likeness (QED) is 0.725. The van der Waals surface area contributed by atoms with E-state index in [1.807, 2.05) is 13.0 Å². The summed E-state index contributed by atoms with van der Waals surface area (Å²) < 4.78 is 42.2. The van der Waals surface area contributed by atoms with Gasteiger partial charge in [-0.1, -0.05) is 0 Å². The van der Waals surface area contributed by atoms with Crippen LogP contribution < -0.4 is 5.32 Å². The van der Waals surface area contributed by atoms with Gasteiger partial charge in [0.15, 0.2) is 0 Å². The number of hydrogen-bond acceptors (Lipinski definition) is 4. The molecule has 1 aliphatic rings. The third-order valence-corrected chi connectivity index (χ3v) is 4.79. The van der Waals surface area contributed by atoms with Crippen LogP contribution in [0.3, 0.4) is 0 Å². The number of amides is 1. The van der Waals surface area contributed by atoms with E-state index < -0.39 is 11.9 Å². The SMILES string of the molecule is Cc1ccn(CC(=O)N[C@H]2CCCn3nc(-c4ccnc(C(F)(F)F)c4)cc32)n1. The predicted octanol–water partition coefficient (Wildman–Crippen LogP) is 3.12. The number of fused-ring (bicyclic) bond motifs is 1. The van der Waals surface area contributed by atoms with Crippen LogP contribution in [-0.4, -0.2) is 30.5 Å². The Hall–Kier alpha value is -3.17. The number of pyridine rings is 1. The molecule has 1 amide bonds. The zero-order chi connectivity index (χ0) is 20.6. The van der Waals surface area contributed by atoms with Crippen molar-refractivity contribution in [1.82, 2.24) is 29.9 Å². The first kappa shape index (κ1) is 19.2. The highest BCUT2D eigenvalue weighted by Gasteiger charge is 2.33. The molecular weight excluding hydrogens is 385 g/mol. The molecule has 0 aromatic carbocycles. The van der Waals surface area contributed by atoms with E-state index in [9.17, 15) is 18.0 Å². The van der Waals surface area contributed by atoms with E-state index >= 15 is 0 Å². The van der Waals surface area contributed by atoms with E-state index in [0.717, 1.165) is 36.5 Å². The van der Waals surface area contributed by atoms with Gasteiger partial charge in [-0.3, -0.25) is 19.1 Å². The lowest BCUT2D eigenvalue weighted by atomic mass is 10.0. The van der Waals surface area contributed by atoms with E-state index in [0.29, 0.717) is 17.8 Å². The summed E-state index contributed by atoms with van der Waals surface area (Å²) in [5, 5.41) is 11.6. The number of aryl methyl sites for hydroxylation is 2. The highest BCUT2D eigenvalue weighted by molar-refractivity contribution is 5.76. The Morgan fingerprint density at radius 1 is 1.28 bits per heavy atom. The molecule has 0 fully saturated rings. The lowest BCUT2D eigenvalue weighted by molar-refractivity contribution is -0.141. The Morgan fingerprint density at radius 2 is 2.10 bits per heavy atom. The van der Waals surface area contributed by atoms with Gasteiger partial charge >= 0.3 is 6.18 Å². The number of rotatable bonds is 4. The second-order valence-corrected chi connectivity index (χ2v) is 7.02. The molecule has 152 valence electrons. The molecule has 3 aromatic rings. The first-order valence-electron chi connectivity index (χ1n) is 9.20. The van der Waals surface area contributed by atoms with Crippen molar-refractivity contribution >= 4 is 5.91 Å². The number of carbonyl (C=O) groups is 1. The Morgan fingerprint density at radius 3 is 2.83 bits per heavy atom. The van der Waals surface area contributed by atoms with Crippen molar-refractivity contribution in [2.24, 2.45) is 0 Å². The fourth-order valence-electron chi connectivity index (χ4n) is 3.45. The molecule has 0 unspecified atom stereocenters. The zero-order valence-corrected chi connectivity index (χ0v) is 15.6. The first-order chi connectivity index (χ1) is 13.8. The molecular formula is C19H19F3N6O. The van der Waals surface area contributed by atoms with Crippen molar-refractivity contribution in [1.29, 1.82) is 0 Å². The monoisotopic (exact) mass is 404 g/mol. The van der Waals surface area contributed by atoms with Gasteiger partial charge in [0.05, 0.1) is 23.1 Å². The van der Waals surface area contributed by atoms with Crippen LogP contribution in [0.5, 0.6) is 0 Å². The van der Waals surface area contributed by atoms with E-state index in [1.165, 1.54) is 6.07 Å². The van der Waals surface area contributed by atoms with E-state index in [2.05, 4.69) is 20.5 Å². The van der Waals surface area contributed by atoms with E-state index in [4.69, 9.17) is 0 Å². The Bertz CT molecular complexity index is 1040.